The third kappa shape index (κ3) is 3.32. The van der Waals surface area contributed by atoms with Crippen LogP contribution in [0.4, 0.5) is 0 Å². The summed E-state index contributed by atoms with van der Waals surface area (Å²) in [6.07, 6.45) is 5.52. The number of benzene rings is 2. The molecule has 1 N–H and O–H groups in total. The largest absolute Gasteiger partial charge is 0.353 e. The highest BCUT2D eigenvalue weighted by Gasteiger charge is 2.42. The van der Waals surface area contributed by atoms with Crippen LogP contribution in [0, 0.1) is 17.8 Å². The molecule has 0 heterocycles. The van der Waals surface area contributed by atoms with E-state index in [1.165, 1.54) is 36.5 Å². The van der Waals surface area contributed by atoms with Gasteiger partial charge in [0, 0.05) is 10.9 Å². The molecular formula is C21H25NOS. The molecule has 0 radical (unpaired) electrons. The Morgan fingerprint density at radius 3 is 2.75 bits per heavy atom. The van der Waals surface area contributed by atoms with Gasteiger partial charge in [0.05, 0.1) is 5.75 Å². The lowest BCUT2D eigenvalue weighted by atomic mass is 9.84. The second kappa shape index (κ2) is 6.79. The molecule has 2 aliphatic carbocycles. The summed E-state index contributed by atoms with van der Waals surface area (Å²) in [5.74, 6) is 3.18. The number of carbonyl (C=O) groups excluding carboxylic acids is 1. The third-order valence-corrected chi connectivity index (χ3v) is 6.91. The maximum Gasteiger partial charge on any atom is 0.230 e. The second-order valence-electron chi connectivity index (χ2n) is 7.49. The van der Waals surface area contributed by atoms with Crippen molar-refractivity contribution in [1.29, 1.82) is 0 Å². The summed E-state index contributed by atoms with van der Waals surface area (Å²) >= 11 is 1.63. The minimum Gasteiger partial charge on any atom is -0.353 e. The van der Waals surface area contributed by atoms with E-state index >= 15 is 0 Å². The Bertz CT molecular complexity index is 743. The minimum atomic E-state index is 0.170. The van der Waals surface area contributed by atoms with Crippen LogP contribution in [0.15, 0.2) is 47.4 Å². The molecule has 2 fully saturated rings. The van der Waals surface area contributed by atoms with E-state index in [0.29, 0.717) is 17.7 Å². The number of amides is 1. The van der Waals surface area contributed by atoms with Crippen LogP contribution in [0.25, 0.3) is 10.8 Å². The molecule has 0 aromatic heterocycles. The van der Waals surface area contributed by atoms with Crippen LogP contribution in [0.2, 0.25) is 0 Å². The minimum absolute atomic E-state index is 0.170. The second-order valence-corrected chi connectivity index (χ2v) is 8.54. The molecule has 1 amide bonds. The van der Waals surface area contributed by atoms with E-state index in [0.717, 1.165) is 16.7 Å². The first-order valence-electron chi connectivity index (χ1n) is 9.10. The molecule has 3 heteroatoms. The van der Waals surface area contributed by atoms with Gasteiger partial charge in [-0.25, -0.2) is 0 Å². The number of hydrogen-bond donors (Lipinski definition) is 1. The van der Waals surface area contributed by atoms with E-state index < -0.39 is 0 Å². The lowest BCUT2D eigenvalue weighted by molar-refractivity contribution is -0.119. The highest BCUT2D eigenvalue weighted by Crippen LogP contribution is 2.49. The Morgan fingerprint density at radius 2 is 2.00 bits per heavy atom. The molecule has 0 saturated heterocycles. The lowest BCUT2D eigenvalue weighted by Crippen LogP contribution is -2.40. The van der Waals surface area contributed by atoms with Gasteiger partial charge in [-0.1, -0.05) is 36.8 Å². The van der Waals surface area contributed by atoms with Gasteiger partial charge in [0.15, 0.2) is 0 Å². The first-order chi connectivity index (χ1) is 11.7. The lowest BCUT2D eigenvalue weighted by Gasteiger charge is -2.28. The molecule has 4 atom stereocenters. The normalized spacial score (nSPS) is 26.6. The molecule has 4 unspecified atom stereocenters. The zero-order valence-electron chi connectivity index (χ0n) is 14.2. The van der Waals surface area contributed by atoms with Gasteiger partial charge in [0.2, 0.25) is 5.91 Å². The number of thioether (sulfide) groups is 1. The Labute approximate surface area is 148 Å². The maximum atomic E-state index is 12.3. The van der Waals surface area contributed by atoms with E-state index in [2.05, 4.69) is 54.7 Å². The first-order valence-corrected chi connectivity index (χ1v) is 10.1. The first kappa shape index (κ1) is 16.0. The number of carbonyl (C=O) groups is 1. The van der Waals surface area contributed by atoms with Gasteiger partial charge in [-0.2, -0.15) is 0 Å². The summed E-state index contributed by atoms with van der Waals surface area (Å²) in [6, 6.07) is 15.1. The maximum absolute atomic E-state index is 12.3. The summed E-state index contributed by atoms with van der Waals surface area (Å²) in [7, 11) is 0. The predicted octanol–water partition coefficient (Wildman–Crippen LogP) is 4.87. The zero-order chi connectivity index (χ0) is 16.5. The van der Waals surface area contributed by atoms with Gasteiger partial charge >= 0.3 is 0 Å². The summed E-state index contributed by atoms with van der Waals surface area (Å²) in [5.41, 5.74) is 0. The van der Waals surface area contributed by atoms with Crippen LogP contribution >= 0.6 is 11.8 Å². The molecule has 2 aromatic carbocycles. The van der Waals surface area contributed by atoms with E-state index in [-0.39, 0.29) is 5.91 Å². The summed E-state index contributed by atoms with van der Waals surface area (Å²) < 4.78 is 0. The quantitative estimate of drug-likeness (QED) is 0.787. The van der Waals surface area contributed by atoms with Crippen molar-refractivity contribution in [3.05, 3.63) is 42.5 Å². The molecular weight excluding hydrogens is 314 g/mol. The number of rotatable bonds is 5. The van der Waals surface area contributed by atoms with Crippen molar-refractivity contribution in [3.63, 3.8) is 0 Å². The Hall–Kier alpha value is -1.48. The van der Waals surface area contributed by atoms with Crippen molar-refractivity contribution in [1.82, 2.24) is 5.32 Å². The third-order valence-electron chi connectivity index (χ3n) is 5.91. The molecule has 2 aliphatic rings. The predicted molar refractivity (Wildman–Crippen MR) is 101 cm³/mol. The zero-order valence-corrected chi connectivity index (χ0v) is 15.0. The van der Waals surface area contributed by atoms with E-state index in [1.54, 1.807) is 11.8 Å². The average Bonchev–Trinajstić information content (AvgIpc) is 3.23. The van der Waals surface area contributed by atoms with Crippen molar-refractivity contribution in [3.8, 4) is 0 Å². The van der Waals surface area contributed by atoms with Crippen LogP contribution in [0.3, 0.4) is 0 Å². The van der Waals surface area contributed by atoms with Crippen LogP contribution in [0.5, 0.6) is 0 Å². The molecule has 0 spiro atoms. The average molecular weight is 340 g/mol. The van der Waals surface area contributed by atoms with E-state index in [9.17, 15) is 4.79 Å². The Morgan fingerprint density at radius 1 is 1.17 bits per heavy atom. The number of hydrogen-bond acceptors (Lipinski definition) is 2. The van der Waals surface area contributed by atoms with E-state index in [4.69, 9.17) is 0 Å². The smallest absolute Gasteiger partial charge is 0.230 e. The fraction of sp³-hybridized carbons (Fsp3) is 0.476. The van der Waals surface area contributed by atoms with Crippen molar-refractivity contribution in [2.24, 2.45) is 17.8 Å². The van der Waals surface area contributed by atoms with Crippen molar-refractivity contribution in [2.45, 2.75) is 43.5 Å². The van der Waals surface area contributed by atoms with Crippen molar-refractivity contribution < 1.29 is 4.79 Å². The molecule has 126 valence electrons. The molecule has 0 aliphatic heterocycles. The molecule has 24 heavy (non-hydrogen) atoms. The highest BCUT2D eigenvalue weighted by molar-refractivity contribution is 8.00. The van der Waals surface area contributed by atoms with Gasteiger partial charge in [0.1, 0.15) is 0 Å². The fourth-order valence-corrected chi connectivity index (χ4v) is 5.47. The molecule has 4 rings (SSSR count). The van der Waals surface area contributed by atoms with Gasteiger partial charge in [-0.3, -0.25) is 4.79 Å². The summed E-state index contributed by atoms with van der Waals surface area (Å²) in [6.45, 7) is 2.20. The topological polar surface area (TPSA) is 29.1 Å². The number of nitrogens with one attached hydrogen (secondary N) is 1. The van der Waals surface area contributed by atoms with Crippen molar-refractivity contribution in [2.75, 3.05) is 5.75 Å². The summed E-state index contributed by atoms with van der Waals surface area (Å²) in [5, 5.41) is 5.74. The fourth-order valence-electron chi connectivity index (χ4n) is 4.72. The SMILES string of the molecule is CC(NC(=O)CSc1ccc2ccccc2c1)C1CC2CCC1C2. The van der Waals surface area contributed by atoms with Crippen LogP contribution in [-0.2, 0) is 4.79 Å². The monoisotopic (exact) mass is 339 g/mol. The van der Waals surface area contributed by atoms with Gasteiger partial charge < -0.3 is 5.32 Å². The molecule has 2 nitrogen and oxygen atoms in total. The molecule has 2 bridgehead atoms. The standard InChI is InChI=1S/C21H25NOS/c1-14(20-11-15-6-7-18(20)10-15)22-21(23)13-24-19-9-8-16-4-2-3-5-17(16)12-19/h2-5,8-9,12,14-15,18,20H,6-7,10-11,13H2,1H3,(H,22,23). The van der Waals surface area contributed by atoms with Gasteiger partial charge in [0.25, 0.3) is 0 Å². The number of fused-ring (bicyclic) bond motifs is 3. The summed E-state index contributed by atoms with van der Waals surface area (Å²) in [4.78, 5) is 13.5. The van der Waals surface area contributed by atoms with Crippen LogP contribution < -0.4 is 5.32 Å². The van der Waals surface area contributed by atoms with E-state index in [1.807, 2.05) is 0 Å². The molecule has 2 aromatic rings. The van der Waals surface area contributed by atoms with Crippen LogP contribution in [0.1, 0.15) is 32.6 Å². The molecule has 2 saturated carbocycles. The Balaban J connectivity index is 1.31. The van der Waals surface area contributed by atoms with Gasteiger partial charge in [-0.05, 0) is 66.8 Å². The Kier molecular flexibility index (Phi) is 4.53. The van der Waals surface area contributed by atoms with Crippen molar-refractivity contribution >= 4 is 28.4 Å². The highest BCUT2D eigenvalue weighted by atomic mass is 32.2. The van der Waals surface area contributed by atoms with Crippen LogP contribution in [-0.4, -0.2) is 17.7 Å². The van der Waals surface area contributed by atoms with Gasteiger partial charge in [-0.15, -0.1) is 11.8 Å².